The number of ether oxygens (including phenoxy) is 1. The van der Waals surface area contributed by atoms with Crippen molar-refractivity contribution in [3.05, 3.63) is 65.0 Å². The first-order chi connectivity index (χ1) is 12.3. The Kier molecular flexibility index (Phi) is 6.43. The van der Waals surface area contributed by atoms with Crippen molar-refractivity contribution >= 4 is 23.5 Å². The lowest BCUT2D eigenvalue weighted by Crippen LogP contribution is -2.32. The molecule has 0 radical (unpaired) electrons. The highest BCUT2D eigenvalue weighted by molar-refractivity contribution is 5.96. The molecule has 0 atom stereocenters. The Morgan fingerprint density at radius 3 is 2.50 bits per heavy atom. The molecule has 0 saturated heterocycles. The number of benzene rings is 2. The summed E-state index contributed by atoms with van der Waals surface area (Å²) in [6.45, 7) is 2.93. The van der Waals surface area contributed by atoms with Gasteiger partial charge in [0.05, 0.1) is 0 Å². The van der Waals surface area contributed by atoms with Crippen molar-refractivity contribution in [1.82, 2.24) is 5.32 Å². The van der Waals surface area contributed by atoms with E-state index in [1.165, 1.54) is 18.2 Å². The zero-order valence-electron chi connectivity index (χ0n) is 14.5. The van der Waals surface area contributed by atoms with E-state index in [0.717, 1.165) is 17.2 Å². The highest BCUT2D eigenvalue weighted by Gasteiger charge is 2.11. The maximum Gasteiger partial charge on any atom is 0.325 e. The smallest absolute Gasteiger partial charge is 0.325 e. The molecule has 0 aliphatic heterocycles. The predicted molar refractivity (Wildman–Crippen MR) is 94.2 cm³/mol. The van der Waals surface area contributed by atoms with Gasteiger partial charge >= 0.3 is 5.97 Å². The van der Waals surface area contributed by atoms with E-state index in [0.29, 0.717) is 5.56 Å². The third-order valence-corrected chi connectivity index (χ3v) is 3.64. The van der Waals surface area contributed by atoms with Gasteiger partial charge in [0.15, 0.2) is 6.61 Å². The zero-order chi connectivity index (χ0) is 19.1. The van der Waals surface area contributed by atoms with Crippen LogP contribution in [0.1, 0.15) is 21.5 Å². The van der Waals surface area contributed by atoms with E-state index >= 15 is 0 Å². The number of nitrogens with one attached hydrogen (secondary N) is 2. The Hall–Kier alpha value is -3.22. The van der Waals surface area contributed by atoms with Gasteiger partial charge in [-0.3, -0.25) is 14.4 Å². The summed E-state index contributed by atoms with van der Waals surface area (Å²) >= 11 is 0. The van der Waals surface area contributed by atoms with Crippen molar-refractivity contribution < 1.29 is 23.5 Å². The first-order valence-electron chi connectivity index (χ1n) is 7.91. The highest BCUT2D eigenvalue weighted by Crippen LogP contribution is 2.10. The Labute approximate surface area is 150 Å². The number of carbonyl (C=O) groups excluding carboxylic acids is 3. The van der Waals surface area contributed by atoms with Crippen LogP contribution in [0, 0.1) is 19.7 Å². The highest BCUT2D eigenvalue weighted by atomic mass is 19.1. The van der Waals surface area contributed by atoms with Crippen molar-refractivity contribution in [3.63, 3.8) is 0 Å². The molecule has 0 spiro atoms. The summed E-state index contributed by atoms with van der Waals surface area (Å²) in [5, 5.41) is 4.83. The molecule has 0 heterocycles. The van der Waals surface area contributed by atoms with Crippen LogP contribution in [-0.2, 0) is 14.3 Å². The number of carbonyl (C=O) groups is 3. The fourth-order valence-electron chi connectivity index (χ4n) is 2.10. The van der Waals surface area contributed by atoms with Gasteiger partial charge < -0.3 is 15.4 Å². The second-order valence-electron chi connectivity index (χ2n) is 5.70. The van der Waals surface area contributed by atoms with E-state index < -0.39 is 30.2 Å². The largest absolute Gasteiger partial charge is 0.454 e. The summed E-state index contributed by atoms with van der Waals surface area (Å²) in [5.74, 6) is -2.26. The normalized spacial score (nSPS) is 10.1. The molecule has 0 bridgehead atoms. The average Bonchev–Trinajstić information content (AvgIpc) is 2.60. The topological polar surface area (TPSA) is 84.5 Å². The zero-order valence-corrected chi connectivity index (χ0v) is 14.5. The molecule has 26 heavy (non-hydrogen) atoms. The third-order valence-electron chi connectivity index (χ3n) is 3.64. The maximum atomic E-state index is 13.0. The third kappa shape index (κ3) is 5.70. The number of rotatable bonds is 6. The van der Waals surface area contributed by atoms with Crippen molar-refractivity contribution in [2.75, 3.05) is 18.5 Å². The van der Waals surface area contributed by atoms with Gasteiger partial charge in [-0.25, -0.2) is 4.39 Å². The molecular weight excluding hydrogens is 339 g/mol. The molecule has 0 fully saturated rings. The standard InChI is InChI=1S/C19H19FN2O4/c1-12-6-7-14(8-13(12)2)19(25)21-10-18(24)26-11-17(23)22-16-5-3-4-15(20)9-16/h3-9H,10-11H2,1-2H3,(H,21,25)(H,22,23). The number of hydrogen-bond acceptors (Lipinski definition) is 4. The van der Waals surface area contributed by atoms with Crippen LogP contribution in [0.15, 0.2) is 42.5 Å². The van der Waals surface area contributed by atoms with E-state index in [9.17, 15) is 18.8 Å². The average molecular weight is 358 g/mol. The molecule has 2 rings (SSSR count). The number of aryl methyl sites for hydroxylation is 2. The summed E-state index contributed by atoms with van der Waals surface area (Å²) in [4.78, 5) is 35.3. The molecule has 2 amide bonds. The number of hydrogen-bond donors (Lipinski definition) is 2. The second-order valence-corrected chi connectivity index (χ2v) is 5.70. The van der Waals surface area contributed by atoms with Gasteiger partial charge in [-0.15, -0.1) is 0 Å². The van der Waals surface area contributed by atoms with Crippen LogP contribution in [0.25, 0.3) is 0 Å². The number of amides is 2. The van der Waals surface area contributed by atoms with Crippen LogP contribution >= 0.6 is 0 Å². The van der Waals surface area contributed by atoms with Crippen molar-refractivity contribution in [3.8, 4) is 0 Å². The van der Waals surface area contributed by atoms with E-state index in [1.807, 2.05) is 19.9 Å². The lowest BCUT2D eigenvalue weighted by atomic mass is 10.1. The van der Waals surface area contributed by atoms with Gasteiger partial charge in [-0.05, 0) is 55.3 Å². The van der Waals surface area contributed by atoms with Gasteiger partial charge in [0, 0.05) is 11.3 Å². The molecule has 0 aromatic heterocycles. The fourth-order valence-corrected chi connectivity index (χ4v) is 2.10. The second kappa shape index (κ2) is 8.75. The monoisotopic (exact) mass is 358 g/mol. The van der Waals surface area contributed by atoms with Gasteiger partial charge in [-0.2, -0.15) is 0 Å². The van der Waals surface area contributed by atoms with Crippen LogP contribution in [-0.4, -0.2) is 30.9 Å². The molecule has 2 aromatic carbocycles. The fraction of sp³-hybridized carbons (Fsp3) is 0.211. The summed E-state index contributed by atoms with van der Waals surface area (Å²) in [7, 11) is 0. The Morgan fingerprint density at radius 1 is 1.04 bits per heavy atom. The molecule has 136 valence electrons. The Bertz CT molecular complexity index is 836. The van der Waals surface area contributed by atoms with E-state index in [1.54, 1.807) is 12.1 Å². The number of esters is 1. The molecule has 7 heteroatoms. The minimum absolute atomic E-state index is 0.258. The summed E-state index contributed by atoms with van der Waals surface area (Å²) in [6.07, 6.45) is 0. The molecule has 0 saturated carbocycles. The van der Waals surface area contributed by atoms with Crippen LogP contribution in [0.3, 0.4) is 0 Å². The van der Waals surface area contributed by atoms with Crippen molar-refractivity contribution in [2.45, 2.75) is 13.8 Å². The first kappa shape index (κ1) is 19.1. The SMILES string of the molecule is Cc1ccc(C(=O)NCC(=O)OCC(=O)Nc2cccc(F)c2)cc1C. The van der Waals surface area contributed by atoms with E-state index in [-0.39, 0.29) is 12.2 Å². The summed E-state index contributed by atoms with van der Waals surface area (Å²) in [6, 6.07) is 10.5. The lowest BCUT2D eigenvalue weighted by Gasteiger charge is -2.08. The molecule has 2 N–H and O–H groups in total. The van der Waals surface area contributed by atoms with Gasteiger partial charge in [0.2, 0.25) is 0 Å². The van der Waals surface area contributed by atoms with Crippen LogP contribution < -0.4 is 10.6 Å². The summed E-state index contributed by atoms with van der Waals surface area (Å²) < 4.78 is 17.8. The van der Waals surface area contributed by atoms with Crippen LogP contribution in [0.5, 0.6) is 0 Å². The molecule has 2 aromatic rings. The lowest BCUT2D eigenvalue weighted by molar-refractivity contribution is -0.146. The minimum atomic E-state index is -0.753. The maximum absolute atomic E-state index is 13.0. The first-order valence-corrected chi connectivity index (χ1v) is 7.91. The van der Waals surface area contributed by atoms with E-state index in [4.69, 9.17) is 4.74 Å². The van der Waals surface area contributed by atoms with Crippen molar-refractivity contribution in [1.29, 1.82) is 0 Å². The molecule has 6 nitrogen and oxygen atoms in total. The van der Waals surface area contributed by atoms with Gasteiger partial charge in [0.1, 0.15) is 12.4 Å². The predicted octanol–water partition coefficient (Wildman–Crippen LogP) is 2.35. The number of anilines is 1. The van der Waals surface area contributed by atoms with Gasteiger partial charge in [-0.1, -0.05) is 12.1 Å². The van der Waals surface area contributed by atoms with Crippen LogP contribution in [0.2, 0.25) is 0 Å². The Morgan fingerprint density at radius 2 is 1.81 bits per heavy atom. The van der Waals surface area contributed by atoms with E-state index in [2.05, 4.69) is 10.6 Å². The molecule has 0 aliphatic carbocycles. The number of halogens is 1. The Balaban J connectivity index is 1.75. The molecular formula is C19H19FN2O4. The summed E-state index contributed by atoms with van der Waals surface area (Å²) in [5.41, 5.74) is 2.72. The quantitative estimate of drug-likeness (QED) is 0.777. The molecule has 0 unspecified atom stereocenters. The minimum Gasteiger partial charge on any atom is -0.454 e. The van der Waals surface area contributed by atoms with Crippen molar-refractivity contribution in [2.24, 2.45) is 0 Å². The van der Waals surface area contributed by atoms with Crippen LogP contribution in [0.4, 0.5) is 10.1 Å². The molecule has 0 aliphatic rings. The van der Waals surface area contributed by atoms with Gasteiger partial charge in [0.25, 0.3) is 11.8 Å².